The molecule has 2 unspecified atom stereocenters. The minimum absolute atomic E-state index is 0.491. The van der Waals surface area contributed by atoms with E-state index in [4.69, 9.17) is 0 Å². The maximum Gasteiger partial charge on any atom is 0.00257 e. The second-order valence-corrected chi connectivity index (χ2v) is 7.31. The van der Waals surface area contributed by atoms with Gasteiger partial charge in [-0.15, -0.1) is 0 Å². The summed E-state index contributed by atoms with van der Waals surface area (Å²) in [6.07, 6.45) is 5.57. The van der Waals surface area contributed by atoms with Crippen molar-refractivity contribution in [3.8, 4) is 0 Å². The minimum Gasteiger partial charge on any atom is -0.316 e. The number of aryl methyl sites for hydroxylation is 1. The lowest BCUT2D eigenvalue weighted by molar-refractivity contribution is 0.0419. The Labute approximate surface area is 117 Å². The zero-order valence-electron chi connectivity index (χ0n) is 12.6. The average Bonchev–Trinajstić information content (AvgIpc) is 2.67. The number of piperidine rings is 1. The quantitative estimate of drug-likeness (QED) is 0.792. The molecule has 1 aromatic carbocycles. The molecule has 0 aromatic heterocycles. The van der Waals surface area contributed by atoms with Crippen LogP contribution in [0, 0.1) is 17.8 Å². The van der Waals surface area contributed by atoms with Crippen molar-refractivity contribution < 1.29 is 0 Å². The molecule has 1 N–H and O–H groups in total. The average molecular weight is 257 g/mol. The van der Waals surface area contributed by atoms with E-state index in [0.717, 1.165) is 6.54 Å². The standard InChI is InChI=1S/C18H27N/c1-14-5-7-15(8-6-14)16-13-19-12-11-18(16)10-4-9-17(18,2)3/h5-8,16,19H,4,9-13H2,1-3H3. The number of nitrogens with one attached hydrogen (secondary N) is 1. The first-order valence-corrected chi connectivity index (χ1v) is 7.82. The SMILES string of the molecule is Cc1ccc(C2CNCCC23CCCC3(C)C)cc1. The summed E-state index contributed by atoms with van der Waals surface area (Å²) in [5, 5.41) is 3.64. The summed E-state index contributed by atoms with van der Waals surface area (Å²) in [5.74, 6) is 0.694. The van der Waals surface area contributed by atoms with Crippen LogP contribution in [0.15, 0.2) is 24.3 Å². The fraction of sp³-hybridized carbons (Fsp3) is 0.667. The molecule has 104 valence electrons. The molecule has 2 fully saturated rings. The Morgan fingerprint density at radius 3 is 2.42 bits per heavy atom. The van der Waals surface area contributed by atoms with Gasteiger partial charge in [0.2, 0.25) is 0 Å². The summed E-state index contributed by atoms with van der Waals surface area (Å²) in [4.78, 5) is 0. The smallest absolute Gasteiger partial charge is 0.00257 e. The zero-order valence-corrected chi connectivity index (χ0v) is 12.6. The molecule has 1 heterocycles. The molecule has 0 amide bonds. The van der Waals surface area contributed by atoms with E-state index in [1.54, 1.807) is 5.56 Å². The Bertz CT molecular complexity index is 445. The molecule has 3 rings (SSSR count). The molecular weight excluding hydrogens is 230 g/mol. The van der Waals surface area contributed by atoms with Crippen LogP contribution in [0.25, 0.3) is 0 Å². The van der Waals surface area contributed by atoms with Crippen LogP contribution in [0.3, 0.4) is 0 Å². The number of benzene rings is 1. The number of rotatable bonds is 1. The highest BCUT2D eigenvalue weighted by molar-refractivity contribution is 5.29. The monoisotopic (exact) mass is 257 g/mol. The molecule has 1 saturated heterocycles. The van der Waals surface area contributed by atoms with E-state index in [2.05, 4.69) is 50.4 Å². The first-order valence-electron chi connectivity index (χ1n) is 7.82. The topological polar surface area (TPSA) is 12.0 Å². The van der Waals surface area contributed by atoms with Gasteiger partial charge in [-0.05, 0) is 49.1 Å². The summed E-state index contributed by atoms with van der Waals surface area (Å²) in [7, 11) is 0. The van der Waals surface area contributed by atoms with Crippen LogP contribution >= 0.6 is 0 Å². The van der Waals surface area contributed by atoms with Crippen LogP contribution in [0.4, 0.5) is 0 Å². The van der Waals surface area contributed by atoms with Crippen LogP contribution in [-0.4, -0.2) is 13.1 Å². The Kier molecular flexibility index (Phi) is 3.21. The van der Waals surface area contributed by atoms with Crippen LogP contribution in [0.2, 0.25) is 0 Å². The second-order valence-electron chi connectivity index (χ2n) is 7.31. The predicted molar refractivity (Wildman–Crippen MR) is 81.5 cm³/mol. The summed E-state index contributed by atoms with van der Waals surface area (Å²) in [6.45, 7) is 9.55. The highest BCUT2D eigenvalue weighted by Gasteiger charge is 2.54. The van der Waals surface area contributed by atoms with Gasteiger partial charge in [0.15, 0.2) is 0 Å². The van der Waals surface area contributed by atoms with Crippen molar-refractivity contribution in [1.82, 2.24) is 5.32 Å². The lowest BCUT2D eigenvalue weighted by atomic mass is 9.56. The highest BCUT2D eigenvalue weighted by atomic mass is 14.9. The van der Waals surface area contributed by atoms with Gasteiger partial charge in [-0.3, -0.25) is 0 Å². The van der Waals surface area contributed by atoms with Crippen molar-refractivity contribution >= 4 is 0 Å². The van der Waals surface area contributed by atoms with E-state index in [9.17, 15) is 0 Å². The summed E-state index contributed by atoms with van der Waals surface area (Å²) in [6, 6.07) is 9.28. The van der Waals surface area contributed by atoms with Gasteiger partial charge >= 0.3 is 0 Å². The second kappa shape index (κ2) is 4.63. The van der Waals surface area contributed by atoms with Crippen LogP contribution < -0.4 is 5.32 Å². The van der Waals surface area contributed by atoms with Crippen LogP contribution in [0.5, 0.6) is 0 Å². The Morgan fingerprint density at radius 2 is 1.79 bits per heavy atom. The maximum absolute atomic E-state index is 3.64. The van der Waals surface area contributed by atoms with Crippen LogP contribution in [-0.2, 0) is 0 Å². The molecule has 1 aliphatic carbocycles. The van der Waals surface area contributed by atoms with Gasteiger partial charge in [-0.1, -0.05) is 50.1 Å². The number of hydrogen-bond acceptors (Lipinski definition) is 1. The lowest BCUT2D eigenvalue weighted by Gasteiger charge is -2.51. The van der Waals surface area contributed by atoms with E-state index < -0.39 is 0 Å². The fourth-order valence-electron chi connectivity index (χ4n) is 4.71. The Morgan fingerprint density at radius 1 is 1.05 bits per heavy atom. The summed E-state index contributed by atoms with van der Waals surface area (Å²) < 4.78 is 0. The van der Waals surface area contributed by atoms with Crippen molar-refractivity contribution in [2.24, 2.45) is 10.8 Å². The minimum atomic E-state index is 0.491. The first-order chi connectivity index (χ1) is 9.05. The van der Waals surface area contributed by atoms with E-state index in [0.29, 0.717) is 16.7 Å². The molecule has 1 nitrogen and oxygen atoms in total. The van der Waals surface area contributed by atoms with Crippen molar-refractivity contribution in [3.63, 3.8) is 0 Å². The van der Waals surface area contributed by atoms with Gasteiger partial charge in [-0.25, -0.2) is 0 Å². The largest absolute Gasteiger partial charge is 0.316 e. The van der Waals surface area contributed by atoms with Crippen molar-refractivity contribution in [3.05, 3.63) is 35.4 Å². The molecule has 0 radical (unpaired) electrons. The lowest BCUT2D eigenvalue weighted by Crippen LogP contribution is -2.48. The van der Waals surface area contributed by atoms with E-state index in [1.165, 1.54) is 37.8 Å². The maximum atomic E-state index is 3.64. The van der Waals surface area contributed by atoms with Gasteiger partial charge in [0.1, 0.15) is 0 Å². The summed E-state index contributed by atoms with van der Waals surface area (Å²) >= 11 is 0. The van der Waals surface area contributed by atoms with E-state index in [-0.39, 0.29) is 0 Å². The molecule has 2 aliphatic rings. The summed E-state index contributed by atoms with van der Waals surface area (Å²) in [5.41, 5.74) is 3.93. The first kappa shape index (κ1) is 13.2. The zero-order chi connectivity index (χ0) is 13.5. The van der Waals surface area contributed by atoms with Gasteiger partial charge in [0.25, 0.3) is 0 Å². The van der Waals surface area contributed by atoms with Crippen LogP contribution in [0.1, 0.15) is 56.6 Å². The van der Waals surface area contributed by atoms with Gasteiger partial charge < -0.3 is 5.32 Å². The molecule has 2 atom stereocenters. The molecule has 1 heteroatoms. The molecular formula is C18H27N. The molecule has 0 bridgehead atoms. The van der Waals surface area contributed by atoms with E-state index >= 15 is 0 Å². The van der Waals surface area contributed by atoms with Gasteiger partial charge in [0, 0.05) is 12.5 Å². The van der Waals surface area contributed by atoms with Crippen molar-refractivity contribution in [2.45, 2.75) is 52.4 Å². The Hall–Kier alpha value is -0.820. The normalized spacial score (nSPS) is 33.7. The van der Waals surface area contributed by atoms with Gasteiger partial charge in [-0.2, -0.15) is 0 Å². The van der Waals surface area contributed by atoms with Crippen molar-refractivity contribution in [1.29, 1.82) is 0 Å². The third-order valence-corrected chi connectivity index (χ3v) is 6.02. The molecule has 1 saturated carbocycles. The molecule has 1 aliphatic heterocycles. The third-order valence-electron chi connectivity index (χ3n) is 6.02. The fourth-order valence-corrected chi connectivity index (χ4v) is 4.71. The van der Waals surface area contributed by atoms with Crippen molar-refractivity contribution in [2.75, 3.05) is 13.1 Å². The molecule has 19 heavy (non-hydrogen) atoms. The third kappa shape index (κ3) is 2.03. The highest BCUT2D eigenvalue weighted by Crippen LogP contribution is 2.62. The van der Waals surface area contributed by atoms with Gasteiger partial charge in [0.05, 0.1) is 0 Å². The van der Waals surface area contributed by atoms with E-state index in [1.807, 2.05) is 0 Å². The predicted octanol–water partition coefficient (Wildman–Crippen LogP) is 4.27. The Balaban J connectivity index is 2.00. The molecule has 1 aromatic rings. The molecule has 1 spiro atoms. The number of hydrogen-bond donors (Lipinski definition) is 1.